The Hall–Kier alpha value is -1.39. The fourth-order valence-corrected chi connectivity index (χ4v) is 2.38. The Morgan fingerprint density at radius 1 is 1.20 bits per heavy atom. The molecule has 0 saturated heterocycles. The highest BCUT2D eigenvalue weighted by atomic mass is 79.9. The number of hydrogen-bond acceptors (Lipinski definition) is 2. The second kappa shape index (κ2) is 7.41. The van der Waals surface area contributed by atoms with Gasteiger partial charge in [0.25, 0.3) is 0 Å². The molecule has 2 aromatic carbocycles. The summed E-state index contributed by atoms with van der Waals surface area (Å²) in [6, 6.07) is 12.0. The number of ether oxygens (including phenoxy) is 1. The first-order valence-corrected chi connectivity index (χ1v) is 7.55. The Labute approximate surface area is 127 Å². The maximum atomic E-state index is 11.8. The second-order valence-electron chi connectivity index (χ2n) is 4.55. The van der Waals surface area contributed by atoms with Crippen molar-refractivity contribution in [2.45, 2.75) is 19.8 Å². The van der Waals surface area contributed by atoms with Crippen molar-refractivity contribution < 1.29 is 9.53 Å². The van der Waals surface area contributed by atoms with Crippen LogP contribution in [0.25, 0.3) is 10.8 Å². The van der Waals surface area contributed by atoms with Gasteiger partial charge in [-0.3, -0.25) is 4.79 Å². The summed E-state index contributed by atoms with van der Waals surface area (Å²) in [5.41, 5.74) is 0.834. The average molecular weight is 336 g/mol. The summed E-state index contributed by atoms with van der Waals surface area (Å²) in [4.78, 5) is 11.8. The fraction of sp³-hybridized carbons (Fsp3) is 0.312. The van der Waals surface area contributed by atoms with Gasteiger partial charge in [0.15, 0.2) is 0 Å². The Bertz CT molecular complexity index is 598. The van der Waals surface area contributed by atoms with Gasteiger partial charge in [0, 0.05) is 29.8 Å². The van der Waals surface area contributed by atoms with Crippen LogP contribution < -0.4 is 5.32 Å². The summed E-state index contributed by atoms with van der Waals surface area (Å²) >= 11 is 3.45. The predicted octanol–water partition coefficient (Wildman–Crippen LogP) is 4.36. The summed E-state index contributed by atoms with van der Waals surface area (Å²) in [6.07, 6.45) is 1.23. The zero-order valence-electron chi connectivity index (χ0n) is 11.5. The van der Waals surface area contributed by atoms with Crippen LogP contribution in [0.3, 0.4) is 0 Å². The molecule has 0 aliphatic rings. The maximum absolute atomic E-state index is 11.8. The highest BCUT2D eigenvalue weighted by Gasteiger charge is 2.03. The van der Waals surface area contributed by atoms with Crippen molar-refractivity contribution in [2.75, 3.05) is 18.5 Å². The van der Waals surface area contributed by atoms with Crippen LogP contribution >= 0.6 is 15.9 Å². The van der Waals surface area contributed by atoms with E-state index < -0.39 is 0 Å². The summed E-state index contributed by atoms with van der Waals surface area (Å²) in [6.45, 7) is 3.28. The SMILES string of the molecule is CCOCCCC(=O)Nc1ccc2cc(Br)ccc2c1. The molecule has 2 rings (SSSR count). The van der Waals surface area contributed by atoms with Crippen LogP contribution in [-0.4, -0.2) is 19.1 Å². The third-order valence-electron chi connectivity index (χ3n) is 2.98. The van der Waals surface area contributed by atoms with Gasteiger partial charge in [-0.05, 0) is 48.4 Å². The van der Waals surface area contributed by atoms with E-state index in [9.17, 15) is 4.79 Å². The first-order valence-electron chi connectivity index (χ1n) is 6.76. The van der Waals surface area contributed by atoms with Crippen molar-refractivity contribution in [2.24, 2.45) is 0 Å². The lowest BCUT2D eigenvalue weighted by Gasteiger charge is -2.07. The molecule has 0 unspecified atom stereocenters. The molecule has 0 aliphatic heterocycles. The van der Waals surface area contributed by atoms with Crippen LogP contribution in [0.4, 0.5) is 5.69 Å². The number of nitrogens with one attached hydrogen (secondary N) is 1. The zero-order valence-corrected chi connectivity index (χ0v) is 13.1. The minimum absolute atomic E-state index is 0.0289. The van der Waals surface area contributed by atoms with Gasteiger partial charge in [0.05, 0.1) is 0 Å². The van der Waals surface area contributed by atoms with E-state index in [-0.39, 0.29) is 5.91 Å². The fourth-order valence-electron chi connectivity index (χ4n) is 2.00. The van der Waals surface area contributed by atoms with E-state index in [0.717, 1.165) is 27.4 Å². The normalized spacial score (nSPS) is 10.7. The van der Waals surface area contributed by atoms with E-state index in [4.69, 9.17) is 4.74 Å². The van der Waals surface area contributed by atoms with Crippen molar-refractivity contribution in [1.82, 2.24) is 0 Å². The third kappa shape index (κ3) is 4.32. The van der Waals surface area contributed by atoms with Gasteiger partial charge < -0.3 is 10.1 Å². The lowest BCUT2D eigenvalue weighted by Crippen LogP contribution is -2.12. The van der Waals surface area contributed by atoms with Crippen LogP contribution in [0.2, 0.25) is 0 Å². The Kier molecular flexibility index (Phi) is 5.56. The van der Waals surface area contributed by atoms with Crippen LogP contribution in [0.5, 0.6) is 0 Å². The first-order chi connectivity index (χ1) is 9.69. The number of amides is 1. The molecule has 0 fully saturated rings. The first kappa shape index (κ1) is 15.0. The van der Waals surface area contributed by atoms with Crippen LogP contribution in [-0.2, 0) is 9.53 Å². The molecular formula is C16H18BrNO2. The molecule has 3 nitrogen and oxygen atoms in total. The smallest absolute Gasteiger partial charge is 0.224 e. The van der Waals surface area contributed by atoms with Crippen LogP contribution in [0.15, 0.2) is 40.9 Å². The largest absolute Gasteiger partial charge is 0.382 e. The summed E-state index contributed by atoms with van der Waals surface area (Å²) in [7, 11) is 0. The van der Waals surface area contributed by atoms with Gasteiger partial charge in [-0.2, -0.15) is 0 Å². The highest BCUT2D eigenvalue weighted by Crippen LogP contribution is 2.23. The second-order valence-corrected chi connectivity index (χ2v) is 5.47. The number of carbonyl (C=O) groups is 1. The number of anilines is 1. The molecule has 0 saturated carbocycles. The number of fused-ring (bicyclic) bond motifs is 1. The topological polar surface area (TPSA) is 38.3 Å². The molecule has 20 heavy (non-hydrogen) atoms. The Balaban J connectivity index is 1.96. The lowest BCUT2D eigenvalue weighted by molar-refractivity contribution is -0.116. The van der Waals surface area contributed by atoms with E-state index in [1.807, 2.05) is 37.3 Å². The van der Waals surface area contributed by atoms with E-state index in [1.165, 1.54) is 0 Å². The predicted molar refractivity (Wildman–Crippen MR) is 86.0 cm³/mol. The third-order valence-corrected chi connectivity index (χ3v) is 3.48. The standard InChI is InChI=1S/C16H18BrNO2/c1-2-20-9-3-4-16(19)18-15-8-6-12-10-14(17)7-5-13(12)11-15/h5-8,10-11H,2-4,9H2,1H3,(H,18,19). The molecule has 0 bridgehead atoms. The van der Waals surface area contributed by atoms with Gasteiger partial charge >= 0.3 is 0 Å². The molecule has 0 atom stereocenters. The van der Waals surface area contributed by atoms with E-state index >= 15 is 0 Å². The summed E-state index contributed by atoms with van der Waals surface area (Å²) < 4.78 is 6.27. The minimum atomic E-state index is 0.0289. The Morgan fingerprint density at radius 3 is 2.75 bits per heavy atom. The molecule has 0 heterocycles. The Morgan fingerprint density at radius 2 is 1.95 bits per heavy atom. The molecule has 4 heteroatoms. The molecule has 1 N–H and O–H groups in total. The number of benzene rings is 2. The summed E-state index contributed by atoms with van der Waals surface area (Å²) in [5.74, 6) is 0.0289. The van der Waals surface area contributed by atoms with E-state index in [1.54, 1.807) is 0 Å². The number of carbonyl (C=O) groups excluding carboxylic acids is 1. The molecule has 2 aromatic rings. The van der Waals surface area contributed by atoms with Crippen molar-refractivity contribution in [3.8, 4) is 0 Å². The maximum Gasteiger partial charge on any atom is 0.224 e. The average Bonchev–Trinajstić information content (AvgIpc) is 2.44. The molecule has 106 valence electrons. The van der Waals surface area contributed by atoms with Crippen LogP contribution in [0, 0.1) is 0 Å². The van der Waals surface area contributed by atoms with Gasteiger partial charge in [0.2, 0.25) is 5.91 Å². The van der Waals surface area contributed by atoms with E-state index in [2.05, 4.69) is 27.3 Å². The summed E-state index contributed by atoms with van der Waals surface area (Å²) in [5, 5.41) is 5.18. The lowest BCUT2D eigenvalue weighted by atomic mass is 10.1. The quantitative estimate of drug-likeness (QED) is 0.796. The molecule has 1 amide bonds. The molecule has 0 aliphatic carbocycles. The van der Waals surface area contributed by atoms with Crippen molar-refractivity contribution >= 4 is 38.3 Å². The molecule has 0 aromatic heterocycles. The van der Waals surface area contributed by atoms with Crippen molar-refractivity contribution in [3.05, 3.63) is 40.9 Å². The van der Waals surface area contributed by atoms with Gasteiger partial charge in [-0.1, -0.05) is 28.1 Å². The van der Waals surface area contributed by atoms with Gasteiger partial charge in [-0.25, -0.2) is 0 Å². The molecule has 0 radical (unpaired) electrons. The van der Waals surface area contributed by atoms with Gasteiger partial charge in [-0.15, -0.1) is 0 Å². The molecule has 0 spiro atoms. The zero-order chi connectivity index (χ0) is 14.4. The van der Waals surface area contributed by atoms with Gasteiger partial charge in [0.1, 0.15) is 0 Å². The van der Waals surface area contributed by atoms with E-state index in [0.29, 0.717) is 19.6 Å². The van der Waals surface area contributed by atoms with Crippen molar-refractivity contribution in [1.29, 1.82) is 0 Å². The minimum Gasteiger partial charge on any atom is -0.382 e. The van der Waals surface area contributed by atoms with Crippen molar-refractivity contribution in [3.63, 3.8) is 0 Å². The highest BCUT2D eigenvalue weighted by molar-refractivity contribution is 9.10. The number of hydrogen-bond donors (Lipinski definition) is 1. The monoisotopic (exact) mass is 335 g/mol. The molecular weight excluding hydrogens is 318 g/mol. The number of halogens is 1. The van der Waals surface area contributed by atoms with Crippen LogP contribution in [0.1, 0.15) is 19.8 Å². The number of rotatable bonds is 6.